The van der Waals surface area contributed by atoms with Crippen molar-refractivity contribution in [1.82, 2.24) is 0 Å². The molecule has 0 spiro atoms. The Balaban J connectivity index is 2.80. The number of hydrogen-bond donors (Lipinski definition) is 1. The predicted molar refractivity (Wildman–Crippen MR) is 81.1 cm³/mol. The maximum Gasteiger partial charge on any atom is 0.0396 e. The molecule has 18 heavy (non-hydrogen) atoms. The van der Waals surface area contributed by atoms with Crippen LogP contribution in [0, 0.1) is 5.92 Å². The third kappa shape index (κ3) is 4.34. The second kappa shape index (κ2) is 7.42. The summed E-state index contributed by atoms with van der Waals surface area (Å²) < 4.78 is 0. The fourth-order valence-corrected chi connectivity index (χ4v) is 2.18. The lowest BCUT2D eigenvalue weighted by atomic mass is 10.0. The number of benzene rings is 1. The molecule has 0 radical (unpaired) electrons. The molecule has 2 heteroatoms. The van der Waals surface area contributed by atoms with E-state index in [1.807, 2.05) is 0 Å². The van der Waals surface area contributed by atoms with E-state index in [2.05, 4.69) is 57.0 Å². The van der Waals surface area contributed by atoms with Gasteiger partial charge in [0.1, 0.15) is 0 Å². The Labute approximate surface area is 112 Å². The molecule has 0 amide bonds. The molecule has 2 unspecified atom stereocenters. The number of anilines is 1. The average molecular weight is 248 g/mol. The zero-order chi connectivity index (χ0) is 13.5. The molecule has 0 bridgehead atoms. The summed E-state index contributed by atoms with van der Waals surface area (Å²) in [5.41, 5.74) is 8.79. The van der Waals surface area contributed by atoms with Gasteiger partial charge in [-0.25, -0.2) is 0 Å². The van der Waals surface area contributed by atoms with Crippen molar-refractivity contribution in [2.24, 2.45) is 11.7 Å². The van der Waals surface area contributed by atoms with Crippen LogP contribution >= 0.6 is 0 Å². The zero-order valence-corrected chi connectivity index (χ0v) is 12.3. The van der Waals surface area contributed by atoms with Crippen LogP contribution in [0.1, 0.15) is 39.2 Å². The number of para-hydroxylation sites is 1. The van der Waals surface area contributed by atoms with Gasteiger partial charge in [0, 0.05) is 25.3 Å². The third-order valence-corrected chi connectivity index (χ3v) is 3.69. The van der Waals surface area contributed by atoms with Crippen molar-refractivity contribution < 1.29 is 0 Å². The van der Waals surface area contributed by atoms with E-state index in [4.69, 9.17) is 5.73 Å². The van der Waals surface area contributed by atoms with Crippen LogP contribution < -0.4 is 10.6 Å². The van der Waals surface area contributed by atoms with Crippen molar-refractivity contribution >= 4 is 5.69 Å². The van der Waals surface area contributed by atoms with Gasteiger partial charge in [0.25, 0.3) is 0 Å². The largest absolute Gasteiger partial charge is 0.374 e. The summed E-state index contributed by atoms with van der Waals surface area (Å²) >= 11 is 0. The SMILES string of the molecule is CCC(C)CN(C)c1ccccc1CC(N)CC. The molecule has 0 fully saturated rings. The summed E-state index contributed by atoms with van der Waals surface area (Å²) in [6.45, 7) is 7.80. The Kier molecular flexibility index (Phi) is 6.20. The molecule has 1 aromatic carbocycles. The second-order valence-corrected chi connectivity index (χ2v) is 5.40. The summed E-state index contributed by atoms with van der Waals surface area (Å²) in [5.74, 6) is 0.725. The highest BCUT2D eigenvalue weighted by Gasteiger charge is 2.11. The van der Waals surface area contributed by atoms with Crippen LogP contribution in [0.4, 0.5) is 5.69 Å². The van der Waals surface area contributed by atoms with Gasteiger partial charge in [0.15, 0.2) is 0 Å². The molecule has 0 aromatic heterocycles. The predicted octanol–water partition coefficient (Wildman–Crippen LogP) is 3.45. The van der Waals surface area contributed by atoms with Crippen LogP contribution in [0.5, 0.6) is 0 Å². The Bertz CT molecular complexity index is 349. The summed E-state index contributed by atoms with van der Waals surface area (Å²) in [4.78, 5) is 2.37. The van der Waals surface area contributed by atoms with Crippen LogP contribution in [0.3, 0.4) is 0 Å². The van der Waals surface area contributed by atoms with Crippen LogP contribution in [0.2, 0.25) is 0 Å². The minimum atomic E-state index is 0.267. The molecule has 102 valence electrons. The van der Waals surface area contributed by atoms with Crippen molar-refractivity contribution in [3.8, 4) is 0 Å². The summed E-state index contributed by atoms with van der Waals surface area (Å²) in [6, 6.07) is 8.91. The van der Waals surface area contributed by atoms with Crippen LogP contribution in [0.15, 0.2) is 24.3 Å². The summed E-state index contributed by atoms with van der Waals surface area (Å²) in [5, 5.41) is 0. The van der Waals surface area contributed by atoms with E-state index in [-0.39, 0.29) is 6.04 Å². The highest BCUT2D eigenvalue weighted by atomic mass is 15.1. The average Bonchev–Trinajstić information content (AvgIpc) is 2.38. The molecule has 0 aliphatic rings. The van der Waals surface area contributed by atoms with Gasteiger partial charge in [-0.3, -0.25) is 0 Å². The lowest BCUT2D eigenvalue weighted by Gasteiger charge is -2.26. The first-order valence-corrected chi connectivity index (χ1v) is 7.13. The standard InChI is InChI=1S/C16H28N2/c1-5-13(3)12-18(4)16-10-8-7-9-14(16)11-15(17)6-2/h7-10,13,15H,5-6,11-12,17H2,1-4H3. The Hall–Kier alpha value is -1.02. The quantitative estimate of drug-likeness (QED) is 0.801. The Morgan fingerprint density at radius 3 is 2.44 bits per heavy atom. The highest BCUT2D eigenvalue weighted by Crippen LogP contribution is 2.22. The Morgan fingerprint density at radius 1 is 1.17 bits per heavy atom. The van der Waals surface area contributed by atoms with Crippen molar-refractivity contribution in [1.29, 1.82) is 0 Å². The first-order valence-electron chi connectivity index (χ1n) is 7.13. The number of nitrogens with two attached hydrogens (primary N) is 1. The lowest BCUT2D eigenvalue weighted by molar-refractivity contribution is 0.558. The molecule has 0 saturated carbocycles. The van der Waals surface area contributed by atoms with Gasteiger partial charge in [-0.05, 0) is 30.4 Å². The highest BCUT2D eigenvalue weighted by molar-refractivity contribution is 5.53. The molecule has 1 rings (SSSR count). The topological polar surface area (TPSA) is 29.3 Å². The maximum absolute atomic E-state index is 6.08. The fraction of sp³-hybridized carbons (Fsp3) is 0.625. The molecule has 2 atom stereocenters. The van der Waals surface area contributed by atoms with E-state index in [1.54, 1.807) is 0 Å². The van der Waals surface area contributed by atoms with E-state index in [9.17, 15) is 0 Å². The first kappa shape index (κ1) is 15.0. The molecule has 0 saturated heterocycles. The van der Waals surface area contributed by atoms with Gasteiger partial charge in [0.2, 0.25) is 0 Å². The number of nitrogens with zero attached hydrogens (tertiary/aromatic N) is 1. The van der Waals surface area contributed by atoms with E-state index in [0.29, 0.717) is 0 Å². The van der Waals surface area contributed by atoms with Gasteiger partial charge in [-0.15, -0.1) is 0 Å². The number of rotatable bonds is 7. The van der Waals surface area contributed by atoms with Crippen LogP contribution in [-0.4, -0.2) is 19.6 Å². The van der Waals surface area contributed by atoms with Gasteiger partial charge in [-0.1, -0.05) is 45.4 Å². The summed E-state index contributed by atoms with van der Waals surface area (Å²) in [7, 11) is 2.18. The molecule has 2 N–H and O–H groups in total. The van der Waals surface area contributed by atoms with E-state index in [1.165, 1.54) is 17.7 Å². The van der Waals surface area contributed by atoms with E-state index in [0.717, 1.165) is 25.3 Å². The third-order valence-electron chi connectivity index (χ3n) is 3.69. The maximum atomic E-state index is 6.08. The lowest BCUT2D eigenvalue weighted by Crippen LogP contribution is -2.27. The zero-order valence-electron chi connectivity index (χ0n) is 12.3. The van der Waals surface area contributed by atoms with Gasteiger partial charge < -0.3 is 10.6 Å². The normalized spacial score (nSPS) is 14.3. The van der Waals surface area contributed by atoms with E-state index < -0.39 is 0 Å². The molecular formula is C16H28N2. The van der Waals surface area contributed by atoms with Crippen molar-refractivity contribution in [3.05, 3.63) is 29.8 Å². The monoisotopic (exact) mass is 248 g/mol. The van der Waals surface area contributed by atoms with Crippen molar-refractivity contribution in [2.75, 3.05) is 18.5 Å². The molecule has 0 aliphatic heterocycles. The van der Waals surface area contributed by atoms with Gasteiger partial charge in [0.05, 0.1) is 0 Å². The van der Waals surface area contributed by atoms with Crippen LogP contribution in [0.25, 0.3) is 0 Å². The van der Waals surface area contributed by atoms with Crippen molar-refractivity contribution in [2.45, 2.75) is 46.1 Å². The number of hydrogen-bond acceptors (Lipinski definition) is 2. The van der Waals surface area contributed by atoms with Crippen molar-refractivity contribution in [3.63, 3.8) is 0 Å². The van der Waals surface area contributed by atoms with Gasteiger partial charge in [-0.2, -0.15) is 0 Å². The summed E-state index contributed by atoms with van der Waals surface area (Å²) in [6.07, 6.45) is 3.22. The first-order chi connectivity index (χ1) is 8.58. The fourth-order valence-electron chi connectivity index (χ4n) is 2.18. The molecule has 2 nitrogen and oxygen atoms in total. The minimum absolute atomic E-state index is 0.267. The van der Waals surface area contributed by atoms with E-state index >= 15 is 0 Å². The molecular weight excluding hydrogens is 220 g/mol. The minimum Gasteiger partial charge on any atom is -0.374 e. The van der Waals surface area contributed by atoms with Gasteiger partial charge >= 0.3 is 0 Å². The molecule has 1 aromatic rings. The van der Waals surface area contributed by atoms with Crippen LogP contribution in [-0.2, 0) is 6.42 Å². The molecule has 0 heterocycles. The Morgan fingerprint density at radius 2 is 1.83 bits per heavy atom. The molecule has 0 aliphatic carbocycles. The smallest absolute Gasteiger partial charge is 0.0396 e. The second-order valence-electron chi connectivity index (χ2n) is 5.40.